The van der Waals surface area contributed by atoms with E-state index in [2.05, 4.69) is 22.3 Å². The predicted octanol–water partition coefficient (Wildman–Crippen LogP) is 3.18. The van der Waals surface area contributed by atoms with E-state index in [1.807, 2.05) is 30.0 Å². The summed E-state index contributed by atoms with van der Waals surface area (Å²) >= 11 is 0. The monoisotopic (exact) mass is 407 g/mol. The number of anilines is 3. The summed E-state index contributed by atoms with van der Waals surface area (Å²) in [6.07, 6.45) is 1.79. The second-order valence-electron chi connectivity index (χ2n) is 7.90. The van der Waals surface area contributed by atoms with Crippen LogP contribution in [-0.4, -0.2) is 32.2 Å². The van der Waals surface area contributed by atoms with Gasteiger partial charge in [0.1, 0.15) is 17.2 Å². The molecule has 5 nitrogen and oxygen atoms in total. The Bertz CT molecular complexity index is 1050. The SMILES string of the molecule is C[C@H](CCc1ccccc1)Nc1c(N2CCN(c3ccc(F)cc3)CC2)c(=O)c1=O. The zero-order valence-corrected chi connectivity index (χ0v) is 17.1. The minimum Gasteiger partial charge on any atom is -0.377 e. The van der Waals surface area contributed by atoms with Crippen LogP contribution in [-0.2, 0) is 6.42 Å². The van der Waals surface area contributed by atoms with Crippen molar-refractivity contribution in [1.82, 2.24) is 0 Å². The van der Waals surface area contributed by atoms with Crippen molar-refractivity contribution in [1.29, 1.82) is 0 Å². The summed E-state index contributed by atoms with van der Waals surface area (Å²) < 4.78 is 13.1. The highest BCUT2D eigenvalue weighted by Crippen LogP contribution is 2.25. The fourth-order valence-corrected chi connectivity index (χ4v) is 4.00. The molecule has 1 aliphatic rings. The number of rotatable bonds is 7. The largest absolute Gasteiger partial charge is 0.377 e. The molecule has 0 bridgehead atoms. The topological polar surface area (TPSA) is 52.6 Å². The maximum atomic E-state index is 13.1. The maximum absolute atomic E-state index is 13.1. The summed E-state index contributed by atoms with van der Waals surface area (Å²) in [5.74, 6) is -0.252. The standard InChI is InChI=1S/C24H26FN3O2/c1-17(7-8-18-5-3-2-4-6-18)26-21-22(24(30)23(21)29)28-15-13-27(14-16-28)20-11-9-19(25)10-12-20/h2-6,9-12,17,26H,7-8,13-16H2,1H3/t17-/m1/s1. The number of piperazine rings is 1. The van der Waals surface area contributed by atoms with Crippen LogP contribution < -0.4 is 26.0 Å². The van der Waals surface area contributed by atoms with Gasteiger partial charge >= 0.3 is 0 Å². The molecule has 3 aromatic rings. The summed E-state index contributed by atoms with van der Waals surface area (Å²) in [4.78, 5) is 28.6. The second-order valence-corrected chi connectivity index (χ2v) is 7.90. The molecule has 0 unspecified atom stereocenters. The number of nitrogens with one attached hydrogen (secondary N) is 1. The minimum absolute atomic E-state index is 0.0905. The van der Waals surface area contributed by atoms with E-state index in [4.69, 9.17) is 0 Å². The Morgan fingerprint density at radius 2 is 1.53 bits per heavy atom. The summed E-state index contributed by atoms with van der Waals surface area (Å²) in [5.41, 5.74) is 2.38. The van der Waals surface area contributed by atoms with Gasteiger partial charge in [-0.15, -0.1) is 0 Å². The lowest BCUT2D eigenvalue weighted by molar-refractivity contribution is 0.624. The Balaban J connectivity index is 1.36. The smallest absolute Gasteiger partial charge is 0.253 e. The molecule has 30 heavy (non-hydrogen) atoms. The highest BCUT2D eigenvalue weighted by Gasteiger charge is 2.29. The average molecular weight is 407 g/mol. The number of hydrogen-bond donors (Lipinski definition) is 1. The molecule has 0 radical (unpaired) electrons. The van der Waals surface area contributed by atoms with Crippen molar-refractivity contribution in [3.8, 4) is 0 Å². The fourth-order valence-electron chi connectivity index (χ4n) is 4.00. The third kappa shape index (κ3) is 4.22. The summed E-state index contributed by atoms with van der Waals surface area (Å²) in [5, 5.41) is 3.28. The molecule has 0 aliphatic carbocycles. The average Bonchev–Trinajstić information content (AvgIpc) is 2.79. The molecule has 0 spiro atoms. The Kier molecular flexibility index (Phi) is 5.84. The van der Waals surface area contributed by atoms with Crippen LogP contribution in [0.25, 0.3) is 0 Å². The van der Waals surface area contributed by atoms with Gasteiger partial charge in [-0.25, -0.2) is 4.39 Å². The highest BCUT2D eigenvalue weighted by atomic mass is 19.1. The van der Waals surface area contributed by atoms with Gasteiger partial charge in [-0.05, 0) is 49.6 Å². The van der Waals surface area contributed by atoms with Crippen LogP contribution in [0.5, 0.6) is 0 Å². The lowest BCUT2D eigenvalue weighted by Gasteiger charge is -2.38. The summed E-state index contributed by atoms with van der Waals surface area (Å²) in [6, 6.07) is 16.8. The molecular formula is C24H26FN3O2. The van der Waals surface area contributed by atoms with Gasteiger partial charge in [0.15, 0.2) is 0 Å². The van der Waals surface area contributed by atoms with E-state index in [9.17, 15) is 14.0 Å². The molecule has 1 fully saturated rings. The first-order chi connectivity index (χ1) is 14.5. The van der Waals surface area contributed by atoms with Crippen molar-refractivity contribution in [2.75, 3.05) is 41.3 Å². The zero-order chi connectivity index (χ0) is 21.1. The van der Waals surface area contributed by atoms with Gasteiger partial charge in [-0.3, -0.25) is 9.59 Å². The Hall–Kier alpha value is -3.15. The van der Waals surface area contributed by atoms with Crippen molar-refractivity contribution >= 4 is 17.1 Å². The Morgan fingerprint density at radius 3 is 2.20 bits per heavy atom. The molecule has 0 saturated carbocycles. The van der Waals surface area contributed by atoms with E-state index in [1.165, 1.54) is 17.7 Å². The molecular weight excluding hydrogens is 381 g/mol. The number of nitrogens with zero attached hydrogens (tertiary/aromatic N) is 2. The van der Waals surface area contributed by atoms with Gasteiger partial charge in [-0.1, -0.05) is 30.3 Å². The molecule has 1 N–H and O–H groups in total. The number of benzene rings is 2. The molecule has 0 aromatic heterocycles. The van der Waals surface area contributed by atoms with Crippen LogP contribution >= 0.6 is 0 Å². The number of halogens is 1. The van der Waals surface area contributed by atoms with Gasteiger partial charge in [0, 0.05) is 37.9 Å². The molecule has 1 saturated heterocycles. The predicted molar refractivity (Wildman–Crippen MR) is 120 cm³/mol. The summed E-state index contributed by atoms with van der Waals surface area (Å²) in [6.45, 7) is 4.77. The van der Waals surface area contributed by atoms with Crippen LogP contribution in [0.3, 0.4) is 0 Å². The third-order valence-electron chi connectivity index (χ3n) is 5.77. The number of aryl methyl sites for hydroxylation is 1. The van der Waals surface area contributed by atoms with Gasteiger partial charge in [0.2, 0.25) is 0 Å². The van der Waals surface area contributed by atoms with E-state index < -0.39 is 10.9 Å². The third-order valence-corrected chi connectivity index (χ3v) is 5.77. The maximum Gasteiger partial charge on any atom is 0.253 e. The lowest BCUT2D eigenvalue weighted by atomic mass is 10.0. The molecule has 0 amide bonds. The van der Waals surface area contributed by atoms with Crippen molar-refractivity contribution in [3.05, 3.63) is 86.4 Å². The number of hydrogen-bond acceptors (Lipinski definition) is 5. The first-order valence-corrected chi connectivity index (χ1v) is 10.4. The van der Waals surface area contributed by atoms with Crippen LogP contribution in [0.1, 0.15) is 18.9 Å². The summed E-state index contributed by atoms with van der Waals surface area (Å²) in [7, 11) is 0. The van der Waals surface area contributed by atoms with Crippen molar-refractivity contribution < 1.29 is 4.39 Å². The minimum atomic E-state index is -0.419. The quantitative estimate of drug-likeness (QED) is 0.610. The van der Waals surface area contributed by atoms with Crippen LogP contribution in [0.4, 0.5) is 21.5 Å². The molecule has 3 aromatic carbocycles. The molecule has 1 aliphatic heterocycles. The van der Waals surface area contributed by atoms with E-state index in [1.54, 1.807) is 12.1 Å². The van der Waals surface area contributed by atoms with Crippen LogP contribution in [0, 0.1) is 5.82 Å². The normalized spacial score (nSPS) is 15.4. The Labute approximate surface area is 175 Å². The van der Waals surface area contributed by atoms with E-state index in [-0.39, 0.29) is 11.9 Å². The van der Waals surface area contributed by atoms with E-state index in [0.717, 1.165) is 18.5 Å². The van der Waals surface area contributed by atoms with Gasteiger partial charge in [0.05, 0.1) is 0 Å². The molecule has 4 rings (SSSR count). The first kappa shape index (κ1) is 20.1. The van der Waals surface area contributed by atoms with Gasteiger partial charge < -0.3 is 15.1 Å². The second kappa shape index (κ2) is 8.69. The molecule has 1 heterocycles. The van der Waals surface area contributed by atoms with Crippen LogP contribution in [0.15, 0.2) is 64.2 Å². The molecule has 6 heteroatoms. The first-order valence-electron chi connectivity index (χ1n) is 10.4. The van der Waals surface area contributed by atoms with E-state index >= 15 is 0 Å². The van der Waals surface area contributed by atoms with Crippen LogP contribution in [0.2, 0.25) is 0 Å². The molecule has 1 atom stereocenters. The highest BCUT2D eigenvalue weighted by molar-refractivity contribution is 5.76. The van der Waals surface area contributed by atoms with Crippen molar-refractivity contribution in [2.24, 2.45) is 0 Å². The van der Waals surface area contributed by atoms with Gasteiger partial charge in [0.25, 0.3) is 10.9 Å². The molecule has 156 valence electrons. The van der Waals surface area contributed by atoms with Crippen molar-refractivity contribution in [2.45, 2.75) is 25.8 Å². The lowest BCUT2D eigenvalue weighted by Crippen LogP contribution is -2.52. The zero-order valence-electron chi connectivity index (χ0n) is 17.1. The van der Waals surface area contributed by atoms with Crippen molar-refractivity contribution in [3.63, 3.8) is 0 Å². The fraction of sp³-hybridized carbons (Fsp3) is 0.333. The van der Waals surface area contributed by atoms with Gasteiger partial charge in [-0.2, -0.15) is 0 Å². The Morgan fingerprint density at radius 1 is 0.900 bits per heavy atom. The van der Waals surface area contributed by atoms with E-state index in [0.29, 0.717) is 37.6 Å².